The molecule has 0 radical (unpaired) electrons. The molecule has 0 aromatic heterocycles. The summed E-state index contributed by atoms with van der Waals surface area (Å²) in [5.74, 6) is 0. The van der Waals surface area contributed by atoms with Gasteiger partial charge in [0, 0.05) is 26.2 Å². The molecule has 0 bridgehead atoms. The fourth-order valence-corrected chi connectivity index (χ4v) is 1.94. The SMILES string of the molecule is C=CCCC[C@H](C)NC(=O)N1CC(NC(=O)NC)C1. The standard InChI is InChI=1S/C13H24N4O2/c1-4-5-6-7-10(2)15-13(19)17-8-11(9-17)16-12(18)14-3/h4,10-11H,1,5-9H2,2-3H3,(H,15,19)(H2,14,16,18)/t10-/m0/s1. The Kier molecular flexibility index (Phi) is 6.18. The third kappa shape index (κ3) is 5.19. The van der Waals surface area contributed by atoms with Gasteiger partial charge in [-0.25, -0.2) is 9.59 Å². The highest BCUT2D eigenvalue weighted by Gasteiger charge is 2.31. The first-order chi connectivity index (χ1) is 9.06. The molecule has 1 rings (SSSR count). The van der Waals surface area contributed by atoms with Gasteiger partial charge in [0.2, 0.25) is 0 Å². The van der Waals surface area contributed by atoms with Gasteiger partial charge in [0.1, 0.15) is 0 Å². The minimum Gasteiger partial charge on any atom is -0.341 e. The lowest BCUT2D eigenvalue weighted by Gasteiger charge is -2.39. The number of hydrogen-bond donors (Lipinski definition) is 3. The second-order valence-electron chi connectivity index (χ2n) is 4.90. The molecule has 1 aliphatic rings. The minimum absolute atomic E-state index is 0.0546. The van der Waals surface area contributed by atoms with E-state index in [1.165, 1.54) is 0 Å². The van der Waals surface area contributed by atoms with Gasteiger partial charge in [-0.3, -0.25) is 0 Å². The monoisotopic (exact) mass is 268 g/mol. The number of rotatable bonds is 6. The van der Waals surface area contributed by atoms with Gasteiger partial charge in [-0.2, -0.15) is 0 Å². The van der Waals surface area contributed by atoms with Gasteiger partial charge in [-0.15, -0.1) is 6.58 Å². The van der Waals surface area contributed by atoms with Crippen LogP contribution in [0.5, 0.6) is 0 Å². The van der Waals surface area contributed by atoms with Crippen molar-refractivity contribution in [3.8, 4) is 0 Å². The van der Waals surface area contributed by atoms with E-state index < -0.39 is 0 Å². The summed E-state index contributed by atoms with van der Waals surface area (Å²) in [6.45, 7) is 6.81. The van der Waals surface area contributed by atoms with Crippen LogP contribution in [0, 0.1) is 0 Å². The highest BCUT2D eigenvalue weighted by atomic mass is 16.2. The van der Waals surface area contributed by atoms with Crippen molar-refractivity contribution >= 4 is 12.1 Å². The molecular formula is C13H24N4O2. The van der Waals surface area contributed by atoms with E-state index >= 15 is 0 Å². The van der Waals surface area contributed by atoms with Crippen molar-refractivity contribution in [1.82, 2.24) is 20.9 Å². The number of carbonyl (C=O) groups is 2. The first-order valence-electron chi connectivity index (χ1n) is 6.71. The molecule has 6 nitrogen and oxygen atoms in total. The molecule has 4 amide bonds. The lowest BCUT2D eigenvalue weighted by atomic mass is 10.1. The van der Waals surface area contributed by atoms with Crippen LogP contribution in [0.2, 0.25) is 0 Å². The van der Waals surface area contributed by atoms with Crippen LogP contribution in [0.25, 0.3) is 0 Å². The number of allylic oxidation sites excluding steroid dienone is 1. The fourth-order valence-electron chi connectivity index (χ4n) is 1.94. The highest BCUT2D eigenvalue weighted by Crippen LogP contribution is 2.09. The topological polar surface area (TPSA) is 73.5 Å². The first-order valence-corrected chi connectivity index (χ1v) is 6.71. The maximum absolute atomic E-state index is 11.8. The molecule has 6 heteroatoms. The van der Waals surface area contributed by atoms with Gasteiger partial charge in [0.15, 0.2) is 0 Å². The predicted molar refractivity (Wildman–Crippen MR) is 75.0 cm³/mol. The number of hydrogen-bond acceptors (Lipinski definition) is 2. The molecule has 0 unspecified atom stereocenters. The number of nitrogens with one attached hydrogen (secondary N) is 3. The van der Waals surface area contributed by atoms with Crippen LogP contribution >= 0.6 is 0 Å². The van der Waals surface area contributed by atoms with Crippen LogP contribution in [0.4, 0.5) is 9.59 Å². The second-order valence-corrected chi connectivity index (χ2v) is 4.90. The molecule has 0 saturated carbocycles. The Balaban J connectivity index is 2.15. The van der Waals surface area contributed by atoms with E-state index in [4.69, 9.17) is 0 Å². The molecule has 0 aromatic carbocycles. The van der Waals surface area contributed by atoms with E-state index in [9.17, 15) is 9.59 Å². The Morgan fingerprint density at radius 2 is 2.16 bits per heavy atom. The van der Waals surface area contributed by atoms with Crippen LogP contribution in [0.1, 0.15) is 26.2 Å². The molecule has 1 fully saturated rings. The number of unbranched alkanes of at least 4 members (excludes halogenated alkanes) is 1. The van der Waals surface area contributed by atoms with Gasteiger partial charge in [-0.1, -0.05) is 6.08 Å². The Morgan fingerprint density at radius 3 is 2.74 bits per heavy atom. The van der Waals surface area contributed by atoms with Gasteiger partial charge in [-0.05, 0) is 26.2 Å². The van der Waals surface area contributed by atoms with E-state index in [2.05, 4.69) is 22.5 Å². The highest BCUT2D eigenvalue weighted by molar-refractivity contribution is 5.77. The smallest absolute Gasteiger partial charge is 0.317 e. The summed E-state index contributed by atoms with van der Waals surface area (Å²) in [7, 11) is 1.57. The maximum atomic E-state index is 11.8. The van der Waals surface area contributed by atoms with E-state index in [0.29, 0.717) is 13.1 Å². The molecule has 19 heavy (non-hydrogen) atoms. The van der Waals surface area contributed by atoms with E-state index in [0.717, 1.165) is 19.3 Å². The molecule has 1 heterocycles. The van der Waals surface area contributed by atoms with E-state index in [1.54, 1.807) is 11.9 Å². The van der Waals surface area contributed by atoms with Crippen LogP contribution in [0.15, 0.2) is 12.7 Å². The number of urea groups is 2. The largest absolute Gasteiger partial charge is 0.341 e. The Labute approximate surface area is 114 Å². The summed E-state index contributed by atoms with van der Waals surface area (Å²) in [5, 5.41) is 8.21. The summed E-state index contributed by atoms with van der Waals surface area (Å²) in [4.78, 5) is 24.6. The minimum atomic E-state index is -0.206. The summed E-state index contributed by atoms with van der Waals surface area (Å²) in [6, 6.07) is -0.0379. The average molecular weight is 268 g/mol. The van der Waals surface area contributed by atoms with E-state index in [1.807, 2.05) is 13.0 Å². The zero-order valence-corrected chi connectivity index (χ0v) is 11.7. The Bertz CT molecular complexity index is 327. The number of nitrogens with zero attached hydrogens (tertiary/aromatic N) is 1. The predicted octanol–water partition coefficient (Wildman–Crippen LogP) is 1.05. The first kappa shape index (κ1) is 15.3. The fraction of sp³-hybridized carbons (Fsp3) is 0.692. The van der Waals surface area contributed by atoms with E-state index in [-0.39, 0.29) is 24.1 Å². The normalized spacial score (nSPS) is 16.2. The Hall–Kier alpha value is -1.72. The van der Waals surface area contributed by atoms with Crippen molar-refractivity contribution < 1.29 is 9.59 Å². The van der Waals surface area contributed by atoms with Crippen molar-refractivity contribution in [2.75, 3.05) is 20.1 Å². The lowest BCUT2D eigenvalue weighted by molar-refractivity contribution is 0.136. The maximum Gasteiger partial charge on any atom is 0.317 e. The third-order valence-electron chi connectivity index (χ3n) is 3.15. The zero-order valence-electron chi connectivity index (χ0n) is 11.7. The molecule has 3 N–H and O–H groups in total. The van der Waals surface area contributed by atoms with Gasteiger partial charge in [0.05, 0.1) is 6.04 Å². The Morgan fingerprint density at radius 1 is 1.47 bits per heavy atom. The molecule has 0 spiro atoms. The van der Waals surface area contributed by atoms with Crippen LogP contribution in [-0.2, 0) is 0 Å². The molecule has 1 aliphatic heterocycles. The van der Waals surface area contributed by atoms with Crippen LogP contribution in [-0.4, -0.2) is 49.2 Å². The molecular weight excluding hydrogens is 244 g/mol. The summed E-state index contributed by atoms with van der Waals surface area (Å²) in [5.41, 5.74) is 0. The number of carbonyl (C=O) groups excluding carboxylic acids is 2. The van der Waals surface area contributed by atoms with Crippen molar-refractivity contribution in [1.29, 1.82) is 0 Å². The summed E-state index contributed by atoms with van der Waals surface area (Å²) in [6.07, 6.45) is 4.85. The molecule has 1 saturated heterocycles. The summed E-state index contributed by atoms with van der Waals surface area (Å²) >= 11 is 0. The van der Waals surface area contributed by atoms with Crippen LogP contribution < -0.4 is 16.0 Å². The zero-order chi connectivity index (χ0) is 14.3. The third-order valence-corrected chi connectivity index (χ3v) is 3.15. The van der Waals surface area contributed by atoms with Crippen LogP contribution in [0.3, 0.4) is 0 Å². The average Bonchev–Trinajstić information content (AvgIpc) is 2.32. The van der Waals surface area contributed by atoms with Crippen molar-refractivity contribution in [2.45, 2.75) is 38.3 Å². The molecule has 1 atom stereocenters. The van der Waals surface area contributed by atoms with Crippen molar-refractivity contribution in [3.63, 3.8) is 0 Å². The van der Waals surface area contributed by atoms with Gasteiger partial charge < -0.3 is 20.9 Å². The summed E-state index contributed by atoms with van der Waals surface area (Å²) < 4.78 is 0. The molecule has 0 aromatic rings. The van der Waals surface area contributed by atoms with Gasteiger partial charge in [0.25, 0.3) is 0 Å². The molecule has 108 valence electrons. The van der Waals surface area contributed by atoms with Crippen molar-refractivity contribution in [3.05, 3.63) is 12.7 Å². The quantitative estimate of drug-likeness (QED) is 0.498. The second kappa shape index (κ2) is 7.66. The van der Waals surface area contributed by atoms with Gasteiger partial charge >= 0.3 is 12.1 Å². The number of likely N-dealkylation sites (tertiary alicyclic amines) is 1. The molecule has 0 aliphatic carbocycles. The lowest BCUT2D eigenvalue weighted by Crippen LogP contribution is -2.64. The number of amides is 4. The van der Waals surface area contributed by atoms with Crippen molar-refractivity contribution in [2.24, 2.45) is 0 Å².